The second-order valence-corrected chi connectivity index (χ2v) is 8.43. The lowest BCUT2D eigenvalue weighted by Crippen LogP contribution is -2.31. The van der Waals surface area contributed by atoms with Crippen molar-refractivity contribution < 1.29 is 22.4 Å². The summed E-state index contributed by atoms with van der Waals surface area (Å²) in [4.78, 5) is 12.5. The number of amides is 1. The summed E-state index contributed by atoms with van der Waals surface area (Å²) in [5.74, 6) is 0.475. The van der Waals surface area contributed by atoms with E-state index in [0.717, 1.165) is 5.56 Å². The minimum atomic E-state index is -3.80. The summed E-state index contributed by atoms with van der Waals surface area (Å²) in [7, 11) is -2.29. The van der Waals surface area contributed by atoms with Crippen LogP contribution in [-0.2, 0) is 9.84 Å². The minimum Gasteiger partial charge on any atom is -0.497 e. The Morgan fingerprint density at radius 1 is 1.07 bits per heavy atom. The van der Waals surface area contributed by atoms with Gasteiger partial charge in [-0.3, -0.25) is 4.79 Å². The van der Waals surface area contributed by atoms with Crippen LogP contribution in [0.15, 0.2) is 76.2 Å². The van der Waals surface area contributed by atoms with Gasteiger partial charge in [0, 0.05) is 12.1 Å². The maximum atomic E-state index is 13.2. The lowest BCUT2D eigenvalue weighted by atomic mass is 10.1. The van der Waals surface area contributed by atoms with Gasteiger partial charge in [0.2, 0.25) is 0 Å². The molecule has 0 aliphatic heterocycles. The third-order valence-electron chi connectivity index (χ3n) is 4.38. The summed E-state index contributed by atoms with van der Waals surface area (Å²) in [6, 6.07) is 16.4. The molecule has 7 heteroatoms. The number of aryl methyl sites for hydroxylation is 1. The van der Waals surface area contributed by atoms with Crippen molar-refractivity contribution in [2.75, 3.05) is 13.7 Å². The topological polar surface area (TPSA) is 85.6 Å². The van der Waals surface area contributed by atoms with Crippen LogP contribution in [0.25, 0.3) is 0 Å². The van der Waals surface area contributed by atoms with Gasteiger partial charge in [-0.2, -0.15) is 0 Å². The summed E-state index contributed by atoms with van der Waals surface area (Å²) in [5, 5.41) is 1.65. The van der Waals surface area contributed by atoms with E-state index in [1.165, 1.54) is 25.5 Å². The molecular weight excluding hydrogens is 378 g/mol. The molecule has 146 valence electrons. The predicted octanol–water partition coefficient (Wildman–Crippen LogP) is 3.54. The van der Waals surface area contributed by atoms with Gasteiger partial charge >= 0.3 is 0 Å². The number of nitrogens with one attached hydrogen (secondary N) is 1. The highest BCUT2D eigenvalue weighted by Gasteiger charge is 2.32. The predicted molar refractivity (Wildman–Crippen MR) is 105 cm³/mol. The van der Waals surface area contributed by atoms with Crippen molar-refractivity contribution in [1.82, 2.24) is 5.32 Å². The Morgan fingerprint density at radius 3 is 2.32 bits per heavy atom. The average molecular weight is 399 g/mol. The van der Waals surface area contributed by atoms with Gasteiger partial charge in [-0.1, -0.05) is 17.7 Å². The normalized spacial score (nSPS) is 12.4. The van der Waals surface area contributed by atoms with Gasteiger partial charge in [-0.25, -0.2) is 8.42 Å². The Hall–Kier alpha value is -3.06. The van der Waals surface area contributed by atoms with Crippen molar-refractivity contribution >= 4 is 15.7 Å². The zero-order valence-electron chi connectivity index (χ0n) is 15.6. The summed E-state index contributed by atoms with van der Waals surface area (Å²) < 4.78 is 36.8. The van der Waals surface area contributed by atoms with Crippen LogP contribution >= 0.6 is 0 Å². The SMILES string of the molecule is COc1ccc(S(=O)(=O)[C@@H](CNC(=O)c2ccc(C)cc2)c2ccco2)cc1. The Bertz CT molecular complexity index is 1020. The number of methoxy groups -OCH3 is 1. The first-order chi connectivity index (χ1) is 13.4. The largest absolute Gasteiger partial charge is 0.497 e. The number of hydrogen-bond acceptors (Lipinski definition) is 5. The third kappa shape index (κ3) is 4.26. The van der Waals surface area contributed by atoms with Gasteiger partial charge in [-0.05, 0) is 55.5 Å². The highest BCUT2D eigenvalue weighted by molar-refractivity contribution is 7.91. The molecule has 0 fully saturated rings. The summed E-state index contributed by atoms with van der Waals surface area (Å²) in [6.07, 6.45) is 1.41. The van der Waals surface area contributed by atoms with Crippen LogP contribution in [0.2, 0.25) is 0 Å². The van der Waals surface area contributed by atoms with Gasteiger partial charge < -0.3 is 14.5 Å². The molecule has 3 rings (SSSR count). The second-order valence-electron chi connectivity index (χ2n) is 6.30. The van der Waals surface area contributed by atoms with Crippen LogP contribution < -0.4 is 10.1 Å². The quantitative estimate of drug-likeness (QED) is 0.657. The number of hydrogen-bond donors (Lipinski definition) is 1. The highest BCUT2D eigenvalue weighted by Crippen LogP contribution is 2.30. The minimum absolute atomic E-state index is 0.116. The Balaban J connectivity index is 1.85. The van der Waals surface area contributed by atoms with Crippen LogP contribution in [-0.4, -0.2) is 28.0 Å². The lowest BCUT2D eigenvalue weighted by Gasteiger charge is -2.17. The first-order valence-corrected chi connectivity index (χ1v) is 10.2. The van der Waals surface area contributed by atoms with Crippen molar-refractivity contribution in [2.24, 2.45) is 0 Å². The molecule has 1 atom stereocenters. The number of furan rings is 1. The number of rotatable bonds is 7. The molecule has 0 radical (unpaired) electrons. The summed E-state index contributed by atoms with van der Waals surface area (Å²) >= 11 is 0. The molecule has 0 aliphatic carbocycles. The molecule has 0 saturated heterocycles. The number of sulfone groups is 1. The van der Waals surface area contributed by atoms with Crippen LogP contribution in [0.4, 0.5) is 0 Å². The van der Waals surface area contributed by atoms with Crippen molar-refractivity contribution in [1.29, 1.82) is 0 Å². The van der Waals surface area contributed by atoms with Crippen LogP contribution in [0.1, 0.15) is 26.9 Å². The van der Waals surface area contributed by atoms with E-state index in [-0.39, 0.29) is 23.1 Å². The van der Waals surface area contributed by atoms with Crippen LogP contribution in [0.5, 0.6) is 5.75 Å². The van der Waals surface area contributed by atoms with Crippen molar-refractivity contribution in [2.45, 2.75) is 17.1 Å². The molecule has 0 bridgehead atoms. The number of benzene rings is 2. The zero-order chi connectivity index (χ0) is 20.1. The van der Waals surface area contributed by atoms with Gasteiger partial charge in [0.05, 0.1) is 18.3 Å². The molecule has 1 aromatic heterocycles. The Labute approximate surface area is 164 Å². The number of ether oxygens (including phenoxy) is 1. The molecule has 2 aromatic carbocycles. The molecular formula is C21H21NO5S. The Morgan fingerprint density at radius 2 is 1.75 bits per heavy atom. The molecule has 0 spiro atoms. The van der Waals surface area contributed by atoms with E-state index in [2.05, 4.69) is 5.32 Å². The molecule has 1 heterocycles. The van der Waals surface area contributed by atoms with E-state index < -0.39 is 15.1 Å². The maximum absolute atomic E-state index is 13.2. The van der Waals surface area contributed by atoms with Crippen LogP contribution in [0.3, 0.4) is 0 Å². The molecule has 0 aliphatic rings. The average Bonchev–Trinajstić information content (AvgIpc) is 3.22. The summed E-state index contributed by atoms with van der Waals surface area (Å²) in [5.41, 5.74) is 1.50. The van der Waals surface area contributed by atoms with Gasteiger partial charge in [-0.15, -0.1) is 0 Å². The molecule has 28 heavy (non-hydrogen) atoms. The molecule has 1 amide bonds. The van der Waals surface area contributed by atoms with E-state index in [0.29, 0.717) is 11.3 Å². The summed E-state index contributed by atoms with van der Waals surface area (Å²) in [6.45, 7) is 1.81. The van der Waals surface area contributed by atoms with Crippen molar-refractivity contribution in [3.8, 4) is 5.75 Å². The van der Waals surface area contributed by atoms with Gasteiger partial charge in [0.1, 0.15) is 16.8 Å². The highest BCUT2D eigenvalue weighted by atomic mass is 32.2. The van der Waals surface area contributed by atoms with Gasteiger partial charge in [0.25, 0.3) is 5.91 Å². The fourth-order valence-corrected chi connectivity index (χ4v) is 4.35. The van der Waals surface area contributed by atoms with E-state index in [1.807, 2.05) is 19.1 Å². The fourth-order valence-electron chi connectivity index (χ4n) is 2.76. The second kappa shape index (κ2) is 8.31. The third-order valence-corrected chi connectivity index (χ3v) is 6.46. The molecule has 3 aromatic rings. The van der Waals surface area contributed by atoms with E-state index in [9.17, 15) is 13.2 Å². The smallest absolute Gasteiger partial charge is 0.251 e. The first-order valence-electron chi connectivity index (χ1n) is 8.68. The van der Waals surface area contributed by atoms with Crippen molar-refractivity contribution in [3.63, 3.8) is 0 Å². The molecule has 1 N–H and O–H groups in total. The number of carbonyl (C=O) groups excluding carboxylic acids is 1. The molecule has 0 saturated carbocycles. The van der Waals surface area contributed by atoms with E-state index in [4.69, 9.17) is 9.15 Å². The maximum Gasteiger partial charge on any atom is 0.251 e. The van der Waals surface area contributed by atoms with Gasteiger partial charge in [0.15, 0.2) is 9.84 Å². The Kier molecular flexibility index (Phi) is 5.84. The monoisotopic (exact) mass is 399 g/mol. The first kappa shape index (κ1) is 19.7. The van der Waals surface area contributed by atoms with E-state index in [1.54, 1.807) is 36.4 Å². The van der Waals surface area contributed by atoms with E-state index >= 15 is 0 Å². The molecule has 0 unspecified atom stereocenters. The zero-order valence-corrected chi connectivity index (χ0v) is 16.4. The van der Waals surface area contributed by atoms with Crippen molar-refractivity contribution in [3.05, 3.63) is 83.8 Å². The fraction of sp³-hybridized carbons (Fsp3) is 0.190. The van der Waals surface area contributed by atoms with Crippen LogP contribution in [0, 0.1) is 6.92 Å². The lowest BCUT2D eigenvalue weighted by molar-refractivity contribution is 0.0953. The number of carbonyl (C=O) groups is 1. The molecule has 6 nitrogen and oxygen atoms in total. The standard InChI is InChI=1S/C21H21NO5S/c1-15-5-7-16(8-6-15)21(23)22-14-20(19-4-3-13-27-19)28(24,25)18-11-9-17(26-2)10-12-18/h3-13,20H,14H2,1-2H3,(H,22,23)/t20-/m0/s1.